The lowest BCUT2D eigenvalue weighted by atomic mass is 10.2. The Bertz CT molecular complexity index is 579. The number of nitrogen functional groups attached to an aromatic ring is 1. The third-order valence-corrected chi connectivity index (χ3v) is 2.93. The van der Waals surface area contributed by atoms with Crippen LogP contribution in [0.3, 0.4) is 0 Å². The van der Waals surface area contributed by atoms with Crippen molar-refractivity contribution >= 4 is 29.0 Å². The molecule has 0 radical (unpaired) electrons. The van der Waals surface area contributed by atoms with E-state index in [2.05, 4.69) is 10.4 Å². The van der Waals surface area contributed by atoms with E-state index in [9.17, 15) is 4.79 Å². The van der Waals surface area contributed by atoms with E-state index in [1.54, 1.807) is 18.3 Å². The second-order valence-corrected chi connectivity index (χ2v) is 4.30. The summed E-state index contributed by atoms with van der Waals surface area (Å²) in [5.74, 6) is 0.182. The molecule has 94 valence electrons. The third-order valence-electron chi connectivity index (χ3n) is 2.43. The van der Waals surface area contributed by atoms with Crippen LogP contribution < -0.4 is 11.1 Å². The number of hydrogen-bond acceptors (Lipinski definition) is 3. The van der Waals surface area contributed by atoms with Crippen molar-refractivity contribution in [2.75, 3.05) is 11.1 Å². The first-order valence-electron chi connectivity index (χ1n) is 5.40. The number of nitrogens with zero attached hydrogens (tertiary/aromatic N) is 2. The second kappa shape index (κ2) is 5.10. The Morgan fingerprint density at radius 2 is 2.28 bits per heavy atom. The predicted molar refractivity (Wildman–Crippen MR) is 71.5 cm³/mol. The van der Waals surface area contributed by atoms with Gasteiger partial charge in [-0.2, -0.15) is 5.10 Å². The fraction of sp³-hybridized carbons (Fsp3) is 0.167. The van der Waals surface area contributed by atoms with Crippen LogP contribution in [0.4, 0.5) is 11.5 Å². The summed E-state index contributed by atoms with van der Waals surface area (Å²) in [6.07, 6.45) is 1.65. The van der Waals surface area contributed by atoms with Gasteiger partial charge in [-0.1, -0.05) is 23.7 Å². The molecule has 0 saturated heterocycles. The van der Waals surface area contributed by atoms with Gasteiger partial charge in [-0.25, -0.2) is 0 Å². The van der Waals surface area contributed by atoms with Gasteiger partial charge in [0.2, 0.25) is 5.91 Å². The zero-order chi connectivity index (χ0) is 13.1. The fourth-order valence-electron chi connectivity index (χ4n) is 1.55. The summed E-state index contributed by atoms with van der Waals surface area (Å²) < 4.78 is 1.47. The number of carbonyl (C=O) groups is 1. The smallest absolute Gasteiger partial charge is 0.246 e. The fourth-order valence-corrected chi connectivity index (χ4v) is 1.72. The minimum absolute atomic E-state index is 0.0987. The number of aryl methyl sites for hydroxylation is 1. The molecule has 5 nitrogen and oxygen atoms in total. The molecule has 0 saturated carbocycles. The summed E-state index contributed by atoms with van der Waals surface area (Å²) in [6, 6.07) is 7.10. The highest BCUT2D eigenvalue weighted by atomic mass is 35.5. The molecule has 0 fully saturated rings. The van der Waals surface area contributed by atoms with E-state index in [4.69, 9.17) is 17.3 Å². The van der Waals surface area contributed by atoms with Crippen molar-refractivity contribution in [1.29, 1.82) is 0 Å². The van der Waals surface area contributed by atoms with Crippen molar-refractivity contribution in [3.05, 3.63) is 41.0 Å². The van der Waals surface area contributed by atoms with Crippen molar-refractivity contribution in [3.63, 3.8) is 0 Å². The van der Waals surface area contributed by atoms with E-state index >= 15 is 0 Å². The minimum atomic E-state index is -0.203. The SMILES string of the molecule is Cc1cccc(NC(=O)Cn2ccc(N)n2)c1Cl. The maximum atomic E-state index is 11.8. The molecule has 1 aromatic carbocycles. The number of benzene rings is 1. The highest BCUT2D eigenvalue weighted by Crippen LogP contribution is 2.24. The Morgan fingerprint density at radius 1 is 1.50 bits per heavy atom. The lowest BCUT2D eigenvalue weighted by molar-refractivity contribution is -0.116. The first-order valence-corrected chi connectivity index (χ1v) is 5.78. The summed E-state index contributed by atoms with van der Waals surface area (Å²) in [5, 5.41) is 7.22. The van der Waals surface area contributed by atoms with Gasteiger partial charge in [0.1, 0.15) is 12.4 Å². The van der Waals surface area contributed by atoms with Crippen molar-refractivity contribution in [2.45, 2.75) is 13.5 Å². The van der Waals surface area contributed by atoms with Crippen molar-refractivity contribution < 1.29 is 4.79 Å². The average molecular weight is 265 g/mol. The number of amides is 1. The predicted octanol–water partition coefficient (Wildman–Crippen LogP) is 2.07. The Kier molecular flexibility index (Phi) is 3.53. The number of nitrogens with one attached hydrogen (secondary N) is 1. The van der Waals surface area contributed by atoms with E-state index in [1.165, 1.54) is 4.68 Å². The van der Waals surface area contributed by atoms with E-state index in [0.29, 0.717) is 16.5 Å². The zero-order valence-corrected chi connectivity index (χ0v) is 10.6. The molecule has 0 spiro atoms. The molecule has 6 heteroatoms. The van der Waals surface area contributed by atoms with Crippen LogP contribution in [0.1, 0.15) is 5.56 Å². The number of nitrogens with two attached hydrogens (primary N) is 1. The normalized spacial score (nSPS) is 10.3. The van der Waals surface area contributed by atoms with E-state index in [0.717, 1.165) is 5.56 Å². The van der Waals surface area contributed by atoms with Crippen LogP contribution in [0.25, 0.3) is 0 Å². The summed E-state index contributed by atoms with van der Waals surface area (Å²) in [6.45, 7) is 1.98. The lowest BCUT2D eigenvalue weighted by Gasteiger charge is -2.08. The van der Waals surface area contributed by atoms with Gasteiger partial charge in [0.15, 0.2) is 0 Å². The minimum Gasteiger partial charge on any atom is -0.382 e. The number of aromatic nitrogens is 2. The molecule has 0 aliphatic heterocycles. The van der Waals surface area contributed by atoms with Gasteiger partial charge < -0.3 is 11.1 Å². The molecule has 1 heterocycles. The maximum Gasteiger partial charge on any atom is 0.246 e. The first kappa shape index (κ1) is 12.4. The van der Waals surface area contributed by atoms with Gasteiger partial charge in [0.05, 0.1) is 10.7 Å². The summed E-state index contributed by atoms with van der Waals surface area (Å²) >= 11 is 6.09. The highest BCUT2D eigenvalue weighted by Gasteiger charge is 2.08. The third kappa shape index (κ3) is 2.81. The molecule has 1 amide bonds. The molecule has 2 aromatic rings. The van der Waals surface area contributed by atoms with Crippen LogP contribution in [-0.4, -0.2) is 15.7 Å². The highest BCUT2D eigenvalue weighted by molar-refractivity contribution is 6.34. The molecular weight excluding hydrogens is 252 g/mol. The van der Waals surface area contributed by atoms with Crippen LogP contribution in [-0.2, 0) is 11.3 Å². The van der Waals surface area contributed by atoms with Gasteiger partial charge >= 0.3 is 0 Å². The molecule has 0 aliphatic carbocycles. The van der Waals surface area contributed by atoms with Crippen LogP contribution >= 0.6 is 11.6 Å². The molecular formula is C12H13ClN4O. The lowest BCUT2D eigenvalue weighted by Crippen LogP contribution is -2.19. The molecule has 3 N–H and O–H groups in total. The topological polar surface area (TPSA) is 72.9 Å². The number of carbonyl (C=O) groups excluding carboxylic acids is 1. The van der Waals surface area contributed by atoms with Gasteiger partial charge in [-0.15, -0.1) is 0 Å². The number of rotatable bonds is 3. The van der Waals surface area contributed by atoms with E-state index in [1.807, 2.05) is 19.1 Å². The molecule has 2 rings (SSSR count). The van der Waals surface area contributed by atoms with E-state index in [-0.39, 0.29) is 12.5 Å². The average Bonchev–Trinajstić information content (AvgIpc) is 2.70. The van der Waals surface area contributed by atoms with Crippen molar-refractivity contribution in [2.24, 2.45) is 0 Å². The second-order valence-electron chi connectivity index (χ2n) is 3.92. The number of anilines is 2. The Labute approximate surface area is 110 Å². The number of hydrogen-bond donors (Lipinski definition) is 2. The Hall–Kier alpha value is -2.01. The van der Waals surface area contributed by atoms with E-state index < -0.39 is 0 Å². The number of halogens is 1. The largest absolute Gasteiger partial charge is 0.382 e. The molecule has 0 atom stereocenters. The van der Waals surface area contributed by atoms with Gasteiger partial charge in [-0.3, -0.25) is 9.48 Å². The summed E-state index contributed by atoms with van der Waals surface area (Å²) in [5.41, 5.74) is 6.98. The first-order chi connectivity index (χ1) is 8.56. The molecule has 0 bridgehead atoms. The summed E-state index contributed by atoms with van der Waals surface area (Å²) in [7, 11) is 0. The Balaban J connectivity index is 2.05. The standard InChI is InChI=1S/C12H13ClN4O/c1-8-3-2-4-9(12(8)13)15-11(18)7-17-6-5-10(14)16-17/h2-6H,7H2,1H3,(H2,14,16)(H,15,18). The van der Waals surface area contributed by atoms with Gasteiger partial charge in [-0.05, 0) is 24.6 Å². The van der Waals surface area contributed by atoms with Crippen molar-refractivity contribution in [3.8, 4) is 0 Å². The Morgan fingerprint density at radius 3 is 2.94 bits per heavy atom. The van der Waals surface area contributed by atoms with Crippen molar-refractivity contribution in [1.82, 2.24) is 9.78 Å². The quantitative estimate of drug-likeness (QED) is 0.891. The van der Waals surface area contributed by atoms with Gasteiger partial charge in [0, 0.05) is 6.20 Å². The molecule has 0 aliphatic rings. The van der Waals surface area contributed by atoms with Crippen LogP contribution in [0.5, 0.6) is 0 Å². The van der Waals surface area contributed by atoms with Crippen LogP contribution in [0.15, 0.2) is 30.5 Å². The monoisotopic (exact) mass is 264 g/mol. The van der Waals surface area contributed by atoms with Gasteiger partial charge in [0.25, 0.3) is 0 Å². The molecule has 1 aromatic heterocycles. The summed E-state index contributed by atoms with van der Waals surface area (Å²) in [4.78, 5) is 11.8. The molecule has 0 unspecified atom stereocenters. The van der Waals surface area contributed by atoms with Crippen LogP contribution in [0, 0.1) is 6.92 Å². The zero-order valence-electron chi connectivity index (χ0n) is 9.85. The van der Waals surface area contributed by atoms with Crippen LogP contribution in [0.2, 0.25) is 5.02 Å². The molecule has 18 heavy (non-hydrogen) atoms. The maximum absolute atomic E-state index is 11.8.